The molecule has 1 unspecified atom stereocenters. The largest absolute Gasteiger partial charge is 0.304 e. The van der Waals surface area contributed by atoms with Crippen LogP contribution in [0.15, 0.2) is 30.5 Å². The molecule has 0 bridgehead atoms. The van der Waals surface area contributed by atoms with Crippen molar-refractivity contribution in [2.24, 2.45) is 0 Å². The second-order valence-corrected chi connectivity index (χ2v) is 7.02. The van der Waals surface area contributed by atoms with Crippen molar-refractivity contribution in [1.82, 2.24) is 14.7 Å². The van der Waals surface area contributed by atoms with Gasteiger partial charge in [0.1, 0.15) is 0 Å². The predicted molar refractivity (Wildman–Crippen MR) is 86.9 cm³/mol. The molecule has 2 aromatic heterocycles. The average Bonchev–Trinajstić information content (AvgIpc) is 3.10. The molecule has 0 radical (unpaired) electrons. The molecule has 4 rings (SSSR count). The maximum atomic E-state index is 4.66. The molecule has 108 valence electrons. The molecule has 0 amide bonds. The number of hydrogen-bond donors (Lipinski definition) is 1. The quantitative estimate of drug-likeness (QED) is 0.797. The number of hydrogen-bond acceptors (Lipinski definition) is 3. The number of aryl methyl sites for hydroxylation is 3. The maximum absolute atomic E-state index is 4.66. The number of imidazole rings is 1. The lowest BCUT2D eigenvalue weighted by Crippen LogP contribution is -2.20. The molecule has 1 aliphatic carbocycles. The first-order valence-corrected chi connectivity index (χ1v) is 8.29. The standard InChI is InChI=1S/C17H19N3S/c1-11-10-20-16(12(2)19-17(20)21-11)9-18-15-8-7-13-5-3-4-6-14(13)15/h3-6,10,15,18H,7-9H2,1-2H3. The van der Waals surface area contributed by atoms with Crippen molar-refractivity contribution >= 4 is 16.3 Å². The Morgan fingerprint density at radius 3 is 3.10 bits per heavy atom. The Bertz CT molecular complexity index is 800. The minimum atomic E-state index is 0.478. The number of nitrogens with zero attached hydrogens (tertiary/aromatic N) is 2. The summed E-state index contributed by atoms with van der Waals surface area (Å²) in [7, 11) is 0. The van der Waals surface area contributed by atoms with Gasteiger partial charge in [0.15, 0.2) is 4.96 Å². The summed E-state index contributed by atoms with van der Waals surface area (Å²) >= 11 is 1.76. The highest BCUT2D eigenvalue weighted by Gasteiger charge is 2.22. The van der Waals surface area contributed by atoms with Gasteiger partial charge >= 0.3 is 0 Å². The summed E-state index contributed by atoms with van der Waals surface area (Å²) in [6.45, 7) is 5.12. The number of aromatic nitrogens is 2. The van der Waals surface area contributed by atoms with E-state index in [0.717, 1.165) is 17.2 Å². The van der Waals surface area contributed by atoms with Crippen molar-refractivity contribution in [3.05, 3.63) is 57.9 Å². The van der Waals surface area contributed by atoms with Gasteiger partial charge in [0.2, 0.25) is 0 Å². The van der Waals surface area contributed by atoms with Crippen LogP contribution in [0.25, 0.3) is 4.96 Å². The van der Waals surface area contributed by atoms with Gasteiger partial charge in [-0.3, -0.25) is 4.40 Å². The van der Waals surface area contributed by atoms with Crippen LogP contribution in [-0.4, -0.2) is 9.38 Å². The fourth-order valence-corrected chi connectivity index (χ4v) is 4.20. The van der Waals surface area contributed by atoms with Crippen LogP contribution in [0.2, 0.25) is 0 Å². The topological polar surface area (TPSA) is 29.3 Å². The van der Waals surface area contributed by atoms with E-state index in [0.29, 0.717) is 6.04 Å². The molecule has 21 heavy (non-hydrogen) atoms. The molecule has 0 saturated carbocycles. The highest BCUT2D eigenvalue weighted by atomic mass is 32.1. The maximum Gasteiger partial charge on any atom is 0.194 e. The number of rotatable bonds is 3. The summed E-state index contributed by atoms with van der Waals surface area (Å²) in [5, 5.41) is 3.73. The fourth-order valence-electron chi connectivity index (χ4n) is 3.31. The highest BCUT2D eigenvalue weighted by Crippen LogP contribution is 2.31. The lowest BCUT2D eigenvalue weighted by atomic mass is 10.1. The van der Waals surface area contributed by atoms with Crippen LogP contribution in [0.3, 0.4) is 0 Å². The third-order valence-electron chi connectivity index (χ3n) is 4.39. The summed E-state index contributed by atoms with van der Waals surface area (Å²) in [5.41, 5.74) is 5.40. The summed E-state index contributed by atoms with van der Waals surface area (Å²) in [6.07, 6.45) is 4.58. The summed E-state index contributed by atoms with van der Waals surface area (Å²) < 4.78 is 2.24. The van der Waals surface area contributed by atoms with Gasteiger partial charge in [-0.05, 0) is 37.8 Å². The second kappa shape index (κ2) is 4.97. The lowest BCUT2D eigenvalue weighted by Gasteiger charge is -2.14. The number of benzene rings is 1. The zero-order valence-corrected chi connectivity index (χ0v) is 13.2. The molecule has 1 N–H and O–H groups in total. The molecule has 3 aromatic rings. The zero-order chi connectivity index (χ0) is 14.4. The Morgan fingerprint density at radius 2 is 2.19 bits per heavy atom. The average molecular weight is 297 g/mol. The molecule has 1 atom stereocenters. The fraction of sp³-hybridized carbons (Fsp3) is 0.353. The van der Waals surface area contributed by atoms with Gasteiger partial charge in [-0.1, -0.05) is 24.3 Å². The van der Waals surface area contributed by atoms with Crippen molar-refractivity contribution in [2.45, 2.75) is 39.3 Å². The molecule has 3 nitrogen and oxygen atoms in total. The van der Waals surface area contributed by atoms with Gasteiger partial charge < -0.3 is 5.32 Å². The van der Waals surface area contributed by atoms with Crippen LogP contribution < -0.4 is 5.32 Å². The van der Waals surface area contributed by atoms with Crippen LogP contribution in [0.5, 0.6) is 0 Å². The molecule has 0 saturated heterocycles. The van der Waals surface area contributed by atoms with Crippen molar-refractivity contribution in [2.75, 3.05) is 0 Å². The van der Waals surface area contributed by atoms with Gasteiger partial charge in [-0.15, -0.1) is 11.3 Å². The molecule has 2 heterocycles. The smallest absolute Gasteiger partial charge is 0.194 e. The molecule has 4 heteroatoms. The van der Waals surface area contributed by atoms with Gasteiger partial charge in [-0.25, -0.2) is 4.98 Å². The third kappa shape index (κ3) is 2.19. The first-order chi connectivity index (χ1) is 10.2. The van der Waals surface area contributed by atoms with Gasteiger partial charge in [0, 0.05) is 23.7 Å². The van der Waals surface area contributed by atoms with E-state index in [2.05, 4.69) is 59.0 Å². The lowest BCUT2D eigenvalue weighted by molar-refractivity contribution is 0.523. The molecular formula is C17H19N3S. The number of nitrogens with one attached hydrogen (secondary N) is 1. The van der Waals surface area contributed by atoms with Crippen LogP contribution in [0, 0.1) is 13.8 Å². The zero-order valence-electron chi connectivity index (χ0n) is 12.4. The molecule has 0 fully saturated rings. The SMILES string of the molecule is Cc1cn2c(CNC3CCc4ccccc43)c(C)nc2s1. The number of fused-ring (bicyclic) bond motifs is 2. The molecular weight excluding hydrogens is 278 g/mol. The Labute approximate surface area is 128 Å². The molecule has 0 spiro atoms. The number of thiazole rings is 1. The Hall–Kier alpha value is -1.65. The van der Waals surface area contributed by atoms with E-state index in [1.54, 1.807) is 11.3 Å². The minimum Gasteiger partial charge on any atom is -0.304 e. The highest BCUT2D eigenvalue weighted by molar-refractivity contribution is 7.17. The van der Waals surface area contributed by atoms with Gasteiger partial charge in [0.05, 0.1) is 11.4 Å². The van der Waals surface area contributed by atoms with Crippen LogP contribution in [0.1, 0.15) is 39.9 Å². The Morgan fingerprint density at radius 1 is 1.33 bits per heavy atom. The summed E-state index contributed by atoms with van der Waals surface area (Å²) in [5.74, 6) is 0. The minimum absolute atomic E-state index is 0.478. The second-order valence-electron chi connectivity index (χ2n) is 5.81. The van der Waals surface area contributed by atoms with E-state index in [9.17, 15) is 0 Å². The van der Waals surface area contributed by atoms with Crippen molar-refractivity contribution in [3.8, 4) is 0 Å². The van der Waals surface area contributed by atoms with E-state index < -0.39 is 0 Å². The summed E-state index contributed by atoms with van der Waals surface area (Å²) in [6, 6.07) is 9.27. The van der Waals surface area contributed by atoms with Crippen LogP contribution >= 0.6 is 11.3 Å². The first-order valence-electron chi connectivity index (χ1n) is 7.47. The van der Waals surface area contributed by atoms with Crippen molar-refractivity contribution in [3.63, 3.8) is 0 Å². The Kier molecular flexibility index (Phi) is 3.08. The normalized spacial score (nSPS) is 17.5. The van der Waals surface area contributed by atoms with Crippen LogP contribution in [0.4, 0.5) is 0 Å². The molecule has 1 aliphatic rings. The molecule has 1 aromatic carbocycles. The predicted octanol–water partition coefficient (Wildman–Crippen LogP) is 3.79. The van der Waals surface area contributed by atoms with Gasteiger partial charge in [0.25, 0.3) is 0 Å². The van der Waals surface area contributed by atoms with Crippen molar-refractivity contribution in [1.29, 1.82) is 0 Å². The van der Waals surface area contributed by atoms with E-state index in [1.807, 2.05) is 0 Å². The summed E-state index contributed by atoms with van der Waals surface area (Å²) in [4.78, 5) is 7.08. The van der Waals surface area contributed by atoms with Crippen LogP contribution in [-0.2, 0) is 13.0 Å². The van der Waals surface area contributed by atoms with E-state index in [1.165, 1.54) is 34.5 Å². The van der Waals surface area contributed by atoms with Crippen molar-refractivity contribution < 1.29 is 0 Å². The van der Waals surface area contributed by atoms with Gasteiger partial charge in [-0.2, -0.15) is 0 Å². The monoisotopic (exact) mass is 297 g/mol. The van der Waals surface area contributed by atoms with E-state index >= 15 is 0 Å². The third-order valence-corrected chi connectivity index (χ3v) is 5.29. The first kappa shape index (κ1) is 13.0. The van der Waals surface area contributed by atoms with E-state index in [4.69, 9.17) is 0 Å². The van der Waals surface area contributed by atoms with E-state index in [-0.39, 0.29) is 0 Å². The Balaban J connectivity index is 1.58. The molecule has 0 aliphatic heterocycles.